The summed E-state index contributed by atoms with van der Waals surface area (Å²) in [5.41, 5.74) is 6.77. The number of rotatable bonds is 1. The van der Waals surface area contributed by atoms with Gasteiger partial charge in [0.05, 0.1) is 6.04 Å². The van der Waals surface area contributed by atoms with Crippen molar-refractivity contribution in [1.29, 1.82) is 0 Å². The van der Waals surface area contributed by atoms with Crippen LogP contribution in [0.15, 0.2) is 18.2 Å². The van der Waals surface area contributed by atoms with Gasteiger partial charge >= 0.3 is 0 Å². The van der Waals surface area contributed by atoms with Crippen LogP contribution in [0.25, 0.3) is 0 Å². The zero-order valence-corrected chi connectivity index (χ0v) is 6.84. The molecule has 0 radical (unpaired) electrons. The monoisotopic (exact) mass is 163 g/mol. The molecule has 12 heavy (non-hydrogen) atoms. The van der Waals surface area contributed by atoms with Gasteiger partial charge in [-0.2, -0.15) is 0 Å². The summed E-state index contributed by atoms with van der Waals surface area (Å²) in [6, 6.07) is 4.22. The van der Waals surface area contributed by atoms with Crippen LogP contribution in [0.4, 0.5) is 4.39 Å². The molecule has 0 fully saturated rings. The number of nitrogens with two attached hydrogens (primary N) is 1. The van der Waals surface area contributed by atoms with Crippen LogP contribution >= 0.6 is 0 Å². The van der Waals surface area contributed by atoms with E-state index in [4.69, 9.17) is 12.2 Å². The van der Waals surface area contributed by atoms with Crippen molar-refractivity contribution in [3.63, 3.8) is 0 Å². The highest BCUT2D eigenvalue weighted by Gasteiger charge is 2.07. The van der Waals surface area contributed by atoms with Gasteiger partial charge in [-0.05, 0) is 24.1 Å². The quantitative estimate of drug-likeness (QED) is 0.627. The lowest BCUT2D eigenvalue weighted by molar-refractivity contribution is 0.614. The molecular formula is C10H10FN. The number of benzene rings is 1. The summed E-state index contributed by atoms with van der Waals surface area (Å²) in [5, 5.41) is 0. The molecule has 1 unspecified atom stereocenters. The molecule has 1 aromatic rings. The lowest BCUT2D eigenvalue weighted by Gasteiger charge is -2.08. The molecule has 0 bridgehead atoms. The number of hydrogen-bond donors (Lipinski definition) is 1. The smallest absolute Gasteiger partial charge is 0.126 e. The third kappa shape index (κ3) is 1.46. The standard InChI is InChI=1S/C10H10FN/c1-3-10(12)8-5-4-6-9(11)7(8)2/h1,4-6,10H,12H2,2H3. The molecule has 0 saturated carbocycles. The highest BCUT2D eigenvalue weighted by atomic mass is 19.1. The maximum atomic E-state index is 13.0. The molecule has 0 aromatic heterocycles. The molecule has 2 N–H and O–H groups in total. The molecule has 62 valence electrons. The molecule has 1 atom stereocenters. The molecule has 0 aliphatic carbocycles. The maximum Gasteiger partial charge on any atom is 0.126 e. The van der Waals surface area contributed by atoms with E-state index >= 15 is 0 Å². The van der Waals surface area contributed by atoms with Gasteiger partial charge in [-0.15, -0.1) is 6.42 Å². The second-order valence-electron chi connectivity index (χ2n) is 2.60. The van der Waals surface area contributed by atoms with E-state index in [1.54, 1.807) is 19.1 Å². The Kier molecular flexibility index (Phi) is 2.47. The summed E-state index contributed by atoms with van der Waals surface area (Å²) in [4.78, 5) is 0. The number of halogens is 1. The highest BCUT2D eigenvalue weighted by molar-refractivity contribution is 5.33. The second kappa shape index (κ2) is 3.38. The summed E-state index contributed by atoms with van der Waals surface area (Å²) in [6.07, 6.45) is 5.13. The topological polar surface area (TPSA) is 26.0 Å². The van der Waals surface area contributed by atoms with Crippen molar-refractivity contribution < 1.29 is 4.39 Å². The molecule has 0 amide bonds. The minimum absolute atomic E-state index is 0.266. The van der Waals surface area contributed by atoms with Gasteiger partial charge in [-0.25, -0.2) is 4.39 Å². The van der Waals surface area contributed by atoms with Gasteiger partial charge in [-0.3, -0.25) is 0 Å². The van der Waals surface area contributed by atoms with E-state index in [2.05, 4.69) is 5.92 Å². The Hall–Kier alpha value is -1.33. The molecule has 1 rings (SSSR count). The van der Waals surface area contributed by atoms with Crippen LogP contribution in [0.1, 0.15) is 17.2 Å². The van der Waals surface area contributed by atoms with Crippen molar-refractivity contribution in [3.8, 4) is 12.3 Å². The van der Waals surface area contributed by atoms with Crippen molar-refractivity contribution in [2.45, 2.75) is 13.0 Å². The Bertz CT molecular complexity index is 325. The normalized spacial score (nSPS) is 12.2. The van der Waals surface area contributed by atoms with E-state index < -0.39 is 6.04 Å². The Balaban J connectivity index is 3.18. The summed E-state index contributed by atoms with van der Waals surface area (Å²) in [7, 11) is 0. The molecule has 0 heterocycles. The minimum Gasteiger partial charge on any atom is -0.314 e. The third-order valence-corrected chi connectivity index (χ3v) is 1.82. The molecule has 0 spiro atoms. The van der Waals surface area contributed by atoms with E-state index in [1.807, 2.05) is 0 Å². The largest absolute Gasteiger partial charge is 0.314 e. The van der Waals surface area contributed by atoms with Gasteiger partial charge in [0.1, 0.15) is 5.82 Å². The highest BCUT2D eigenvalue weighted by Crippen LogP contribution is 2.17. The fraction of sp³-hybridized carbons (Fsp3) is 0.200. The fourth-order valence-electron chi connectivity index (χ4n) is 1.05. The lowest BCUT2D eigenvalue weighted by Crippen LogP contribution is -2.09. The molecule has 1 aromatic carbocycles. The first kappa shape index (κ1) is 8.76. The second-order valence-corrected chi connectivity index (χ2v) is 2.60. The van der Waals surface area contributed by atoms with Crippen molar-refractivity contribution >= 4 is 0 Å². The van der Waals surface area contributed by atoms with E-state index in [0.29, 0.717) is 11.1 Å². The molecule has 1 nitrogen and oxygen atoms in total. The van der Waals surface area contributed by atoms with Crippen LogP contribution in [-0.2, 0) is 0 Å². The molecular weight excluding hydrogens is 153 g/mol. The van der Waals surface area contributed by atoms with E-state index in [1.165, 1.54) is 6.07 Å². The zero-order chi connectivity index (χ0) is 9.14. The van der Waals surface area contributed by atoms with Gasteiger partial charge in [0.25, 0.3) is 0 Å². The predicted octanol–water partition coefficient (Wildman–Crippen LogP) is 1.77. The molecule has 0 aliphatic rings. The number of terminal acetylenes is 1. The van der Waals surface area contributed by atoms with Crippen LogP contribution in [0.2, 0.25) is 0 Å². The molecule has 0 aliphatic heterocycles. The van der Waals surface area contributed by atoms with Crippen molar-refractivity contribution in [1.82, 2.24) is 0 Å². The summed E-state index contributed by atoms with van der Waals surface area (Å²) >= 11 is 0. The van der Waals surface area contributed by atoms with Crippen molar-refractivity contribution in [2.75, 3.05) is 0 Å². The van der Waals surface area contributed by atoms with Crippen molar-refractivity contribution in [2.24, 2.45) is 5.73 Å². The lowest BCUT2D eigenvalue weighted by atomic mass is 10.0. The Morgan fingerprint density at radius 2 is 2.25 bits per heavy atom. The van der Waals surface area contributed by atoms with Crippen LogP contribution < -0.4 is 5.73 Å². The summed E-state index contributed by atoms with van der Waals surface area (Å²) < 4.78 is 13.0. The van der Waals surface area contributed by atoms with E-state index in [0.717, 1.165) is 0 Å². The third-order valence-electron chi connectivity index (χ3n) is 1.82. The van der Waals surface area contributed by atoms with Crippen LogP contribution in [0.3, 0.4) is 0 Å². The van der Waals surface area contributed by atoms with Crippen molar-refractivity contribution in [3.05, 3.63) is 35.1 Å². The molecule has 0 saturated heterocycles. The van der Waals surface area contributed by atoms with Gasteiger partial charge in [0.2, 0.25) is 0 Å². The van der Waals surface area contributed by atoms with Crippen LogP contribution in [-0.4, -0.2) is 0 Å². The Labute approximate surface area is 71.4 Å². The first-order valence-corrected chi connectivity index (χ1v) is 3.63. The van der Waals surface area contributed by atoms with Gasteiger partial charge in [-0.1, -0.05) is 18.1 Å². The zero-order valence-electron chi connectivity index (χ0n) is 6.84. The average Bonchev–Trinajstić information content (AvgIpc) is 2.08. The van der Waals surface area contributed by atoms with Crippen LogP contribution in [0, 0.1) is 25.1 Å². The van der Waals surface area contributed by atoms with Gasteiger partial charge in [0, 0.05) is 0 Å². The van der Waals surface area contributed by atoms with Crippen LogP contribution in [0.5, 0.6) is 0 Å². The van der Waals surface area contributed by atoms with Gasteiger partial charge in [0.15, 0.2) is 0 Å². The summed E-state index contributed by atoms with van der Waals surface area (Å²) in [6.45, 7) is 1.67. The SMILES string of the molecule is C#CC(N)c1cccc(F)c1C. The van der Waals surface area contributed by atoms with E-state index in [9.17, 15) is 4.39 Å². The average molecular weight is 163 g/mol. The molecule has 2 heteroatoms. The van der Waals surface area contributed by atoms with Gasteiger partial charge < -0.3 is 5.73 Å². The maximum absolute atomic E-state index is 13.0. The Morgan fingerprint density at radius 1 is 1.58 bits per heavy atom. The fourth-order valence-corrected chi connectivity index (χ4v) is 1.05. The summed E-state index contributed by atoms with van der Waals surface area (Å²) in [5.74, 6) is 2.09. The minimum atomic E-state index is -0.513. The number of hydrogen-bond acceptors (Lipinski definition) is 1. The van der Waals surface area contributed by atoms with E-state index in [-0.39, 0.29) is 5.82 Å². The Morgan fingerprint density at radius 3 is 2.83 bits per heavy atom. The predicted molar refractivity (Wildman–Crippen MR) is 46.9 cm³/mol. The first-order chi connectivity index (χ1) is 5.66. The first-order valence-electron chi connectivity index (χ1n) is 3.63.